The van der Waals surface area contributed by atoms with E-state index in [2.05, 4.69) is 208 Å². The monoisotopic (exact) mass is 1180 g/mol. The van der Waals surface area contributed by atoms with Crippen molar-refractivity contribution in [3.63, 3.8) is 0 Å². The zero-order valence-electron chi connectivity index (χ0n) is 53.3. The maximum absolute atomic E-state index is 12.8. The van der Waals surface area contributed by atoms with Gasteiger partial charge in [-0.25, -0.2) is 4.57 Å². The number of carbonyl (C=O) groups is 2. The predicted molar refractivity (Wildman–Crippen MR) is 362 cm³/mol. The average Bonchev–Trinajstić information content (AvgIpc) is 3.61. The number of unbranched alkanes of at least 4 members (excludes halogenated alkanes) is 10. The van der Waals surface area contributed by atoms with Crippen molar-refractivity contribution >= 4 is 19.8 Å². The van der Waals surface area contributed by atoms with Crippen LogP contribution in [0.25, 0.3) is 0 Å². The van der Waals surface area contributed by atoms with Gasteiger partial charge < -0.3 is 18.9 Å². The third-order valence-corrected chi connectivity index (χ3v) is 13.6. The van der Waals surface area contributed by atoms with E-state index in [-0.39, 0.29) is 26.1 Å². The highest BCUT2D eigenvalue weighted by Crippen LogP contribution is 2.43. The van der Waals surface area contributed by atoms with Crippen molar-refractivity contribution in [1.29, 1.82) is 0 Å². The quantitative estimate of drug-likeness (QED) is 0.0211. The van der Waals surface area contributed by atoms with E-state index in [1.165, 1.54) is 25.7 Å². The largest absolute Gasteiger partial charge is 0.472 e. The molecule has 0 amide bonds. The van der Waals surface area contributed by atoms with E-state index in [1.807, 2.05) is 21.1 Å². The van der Waals surface area contributed by atoms with E-state index >= 15 is 0 Å². The number of phosphoric ester groups is 1. The van der Waals surface area contributed by atoms with E-state index in [1.54, 1.807) is 0 Å². The third-order valence-electron chi connectivity index (χ3n) is 12.6. The molecule has 1 N–H and O–H groups in total. The van der Waals surface area contributed by atoms with Crippen LogP contribution in [0.5, 0.6) is 0 Å². The molecule has 0 aliphatic heterocycles. The van der Waals surface area contributed by atoms with Gasteiger partial charge in [0.15, 0.2) is 6.10 Å². The van der Waals surface area contributed by atoms with Crippen LogP contribution < -0.4 is 0 Å². The topological polar surface area (TPSA) is 108 Å². The lowest BCUT2D eigenvalue weighted by Crippen LogP contribution is -2.37. The summed E-state index contributed by atoms with van der Waals surface area (Å²) < 4.78 is 34.5. The van der Waals surface area contributed by atoms with E-state index in [9.17, 15) is 19.0 Å². The van der Waals surface area contributed by atoms with Crippen LogP contribution in [0.3, 0.4) is 0 Å². The summed E-state index contributed by atoms with van der Waals surface area (Å²) in [6.45, 7) is 4.11. The number of phosphoric acid groups is 1. The summed E-state index contributed by atoms with van der Waals surface area (Å²) in [5.41, 5.74) is 0. The molecule has 0 spiro atoms. The molecule has 470 valence electrons. The summed E-state index contributed by atoms with van der Waals surface area (Å²) in [5, 5.41) is 0. The lowest BCUT2D eigenvalue weighted by Gasteiger charge is -2.24. The van der Waals surface area contributed by atoms with Gasteiger partial charge in [0.1, 0.15) is 19.8 Å². The Morgan fingerprint density at radius 3 is 0.976 bits per heavy atom. The molecule has 10 heteroatoms. The number of hydrogen-bond acceptors (Lipinski definition) is 7. The van der Waals surface area contributed by atoms with Crippen molar-refractivity contribution in [3.05, 3.63) is 194 Å². The highest BCUT2D eigenvalue weighted by atomic mass is 31.2. The predicted octanol–water partition coefficient (Wildman–Crippen LogP) is 20.9. The first-order valence-electron chi connectivity index (χ1n) is 32.2. The van der Waals surface area contributed by atoms with Gasteiger partial charge in [-0.1, -0.05) is 247 Å². The molecule has 2 atom stereocenters. The second-order valence-electron chi connectivity index (χ2n) is 21.7. The number of esters is 2. The van der Waals surface area contributed by atoms with E-state index in [0.29, 0.717) is 23.9 Å². The van der Waals surface area contributed by atoms with Gasteiger partial charge >= 0.3 is 19.8 Å². The SMILES string of the molecule is CC/C=C\C/C=C\C/C=C\C/C=C\C/C=C\C/C=C\C/C=C\C/C=C\C/C=C\C/C=C\CCCCCCCCCCC(=O)OC(COC(=O)CCCC/C=C\C/C=C\C/C=C\C/C=C\C/C=C\C/C=C\CC)COP(=O)(O)OCC[N+](C)(C)C. The number of allylic oxidation sites excluding steroid dienone is 32. The first-order valence-corrected chi connectivity index (χ1v) is 33.7. The number of hydrogen-bond donors (Lipinski definition) is 1. The molecule has 0 aliphatic carbocycles. The normalized spacial score (nSPS) is 14.5. The van der Waals surface area contributed by atoms with Crippen LogP contribution in [0.1, 0.15) is 206 Å². The van der Waals surface area contributed by atoms with Crippen LogP contribution >= 0.6 is 7.82 Å². The standard InChI is InChI=1S/C74H116NO8P/c1-6-8-10-12-14-16-18-20-22-24-26-28-29-30-31-32-33-34-35-36-37-38-39-40-41-42-43-44-45-47-49-51-53-55-57-59-61-63-65-67-74(77)83-72(71-82-84(78,79)81-69-68-75(3,4)5)70-80-73(76)66-64-62-60-58-56-54-52-50-48-46-27-25-23-21-19-17-15-13-11-9-7-2/h8-11,14-17,20-23,26-28,30-31,33-34,36-37,39-40,42-43,45-47,50,52,56,58,72H,6-7,12-13,18-19,24-25,29,32,35,38,41,44,48-49,51,53-55,57,59-71H2,1-5H3/p+1/b10-8-,11-9-,16-14-,17-15-,22-20-,23-21-,28-26-,31-30-,34-33-,37-36-,40-39-,43-42-,46-27-,47-45-,52-50-,58-56-. The lowest BCUT2D eigenvalue weighted by molar-refractivity contribution is -0.870. The lowest BCUT2D eigenvalue weighted by atomic mass is 10.1. The summed E-state index contributed by atoms with van der Waals surface area (Å²) in [5.74, 6) is -0.875. The fourth-order valence-corrected chi connectivity index (χ4v) is 8.49. The Bertz CT molecular complexity index is 2120. The minimum atomic E-state index is -4.42. The molecular weight excluding hydrogens is 1060 g/mol. The van der Waals surface area contributed by atoms with Gasteiger partial charge in [-0.3, -0.25) is 18.6 Å². The van der Waals surface area contributed by atoms with Gasteiger partial charge in [-0.15, -0.1) is 0 Å². The second-order valence-corrected chi connectivity index (χ2v) is 23.1. The van der Waals surface area contributed by atoms with Crippen LogP contribution in [0, 0.1) is 0 Å². The van der Waals surface area contributed by atoms with E-state index in [0.717, 1.165) is 141 Å². The van der Waals surface area contributed by atoms with Gasteiger partial charge in [-0.2, -0.15) is 0 Å². The Morgan fingerprint density at radius 2 is 0.643 bits per heavy atom. The number of rotatable bonds is 56. The minimum Gasteiger partial charge on any atom is -0.462 e. The Kier molecular flexibility index (Phi) is 58.6. The van der Waals surface area contributed by atoms with Gasteiger partial charge in [0.05, 0.1) is 27.7 Å². The molecule has 0 aromatic rings. The molecule has 0 heterocycles. The molecule has 0 aromatic carbocycles. The van der Waals surface area contributed by atoms with Crippen LogP contribution in [-0.2, 0) is 32.7 Å². The molecule has 2 unspecified atom stereocenters. The van der Waals surface area contributed by atoms with Crippen molar-refractivity contribution in [2.24, 2.45) is 0 Å². The molecule has 0 aromatic heterocycles. The molecule has 0 radical (unpaired) electrons. The van der Waals surface area contributed by atoms with Crippen molar-refractivity contribution < 1.29 is 42.1 Å². The first-order chi connectivity index (χ1) is 41.0. The second kappa shape index (κ2) is 62.4. The zero-order valence-corrected chi connectivity index (χ0v) is 54.2. The molecule has 0 fully saturated rings. The highest BCUT2D eigenvalue weighted by molar-refractivity contribution is 7.47. The van der Waals surface area contributed by atoms with Crippen molar-refractivity contribution in [2.45, 2.75) is 213 Å². The number of carbonyl (C=O) groups excluding carboxylic acids is 2. The van der Waals surface area contributed by atoms with Crippen molar-refractivity contribution in [1.82, 2.24) is 0 Å². The molecule has 84 heavy (non-hydrogen) atoms. The minimum absolute atomic E-state index is 0.0113. The number of nitrogens with zero attached hydrogens (tertiary/aromatic N) is 1. The molecule has 0 bridgehead atoms. The Morgan fingerprint density at radius 1 is 0.369 bits per heavy atom. The van der Waals surface area contributed by atoms with Gasteiger partial charge in [0.2, 0.25) is 0 Å². The molecule has 0 aliphatic rings. The first kappa shape index (κ1) is 78.8. The van der Waals surface area contributed by atoms with Crippen LogP contribution in [0.2, 0.25) is 0 Å². The van der Waals surface area contributed by atoms with Crippen LogP contribution in [0.15, 0.2) is 194 Å². The Balaban J connectivity index is 4.22. The van der Waals surface area contributed by atoms with Crippen LogP contribution in [0.4, 0.5) is 0 Å². The summed E-state index contributed by atoms with van der Waals surface area (Å²) in [6.07, 6.45) is 98.0. The molecule has 0 rings (SSSR count). The number of likely N-dealkylation sites (N-methyl/N-ethyl adjacent to an activating group) is 1. The van der Waals surface area contributed by atoms with Gasteiger partial charge in [-0.05, 0) is 141 Å². The summed E-state index contributed by atoms with van der Waals surface area (Å²) in [4.78, 5) is 35.7. The Hall–Kier alpha value is -5.15. The summed E-state index contributed by atoms with van der Waals surface area (Å²) >= 11 is 0. The maximum atomic E-state index is 12.8. The molecule has 9 nitrogen and oxygen atoms in total. The zero-order chi connectivity index (χ0) is 61.2. The smallest absolute Gasteiger partial charge is 0.462 e. The van der Waals surface area contributed by atoms with E-state index in [4.69, 9.17) is 18.5 Å². The highest BCUT2D eigenvalue weighted by Gasteiger charge is 2.27. The summed E-state index contributed by atoms with van der Waals surface area (Å²) in [6, 6.07) is 0. The summed E-state index contributed by atoms with van der Waals surface area (Å²) in [7, 11) is 1.42. The average molecular weight is 1180 g/mol. The van der Waals surface area contributed by atoms with Crippen molar-refractivity contribution in [2.75, 3.05) is 47.5 Å². The Labute approximate surface area is 513 Å². The molecule has 0 saturated carbocycles. The third kappa shape index (κ3) is 66.0. The molecule has 0 saturated heterocycles. The fourth-order valence-electron chi connectivity index (χ4n) is 7.75. The van der Waals surface area contributed by atoms with Crippen LogP contribution in [-0.4, -0.2) is 74.9 Å². The molecular formula is C74H117NO8P+. The fraction of sp³-hybridized carbons (Fsp3) is 0.541. The van der Waals surface area contributed by atoms with E-state index < -0.39 is 32.5 Å². The van der Waals surface area contributed by atoms with Gasteiger partial charge in [0, 0.05) is 12.8 Å². The number of quaternary nitrogens is 1. The van der Waals surface area contributed by atoms with Gasteiger partial charge in [0.25, 0.3) is 0 Å². The van der Waals surface area contributed by atoms with Crippen molar-refractivity contribution in [3.8, 4) is 0 Å². The number of ether oxygens (including phenoxy) is 2. The maximum Gasteiger partial charge on any atom is 0.472 e.